The summed E-state index contributed by atoms with van der Waals surface area (Å²) in [7, 11) is -3.99. The number of aliphatic imine (C=N–C) groups is 1. The van der Waals surface area contributed by atoms with Crippen LogP contribution in [0.5, 0.6) is 0 Å². The lowest BCUT2D eigenvalue weighted by atomic mass is 9.99. The third-order valence-electron chi connectivity index (χ3n) is 4.99. The first kappa shape index (κ1) is 30.2. The molecule has 0 radical (unpaired) electrons. The van der Waals surface area contributed by atoms with E-state index in [0.717, 1.165) is 5.56 Å². The van der Waals surface area contributed by atoms with E-state index >= 15 is 0 Å². The Balaban J connectivity index is 1.82. The van der Waals surface area contributed by atoms with E-state index in [1.807, 2.05) is 0 Å². The van der Waals surface area contributed by atoms with Crippen LogP contribution in [0.3, 0.4) is 0 Å². The van der Waals surface area contributed by atoms with Gasteiger partial charge >= 0.3 is 22.2 Å². The van der Waals surface area contributed by atoms with Crippen LogP contribution in [0.2, 0.25) is 0 Å². The van der Waals surface area contributed by atoms with Crippen molar-refractivity contribution in [2.24, 2.45) is 16.5 Å². The first-order valence-electron chi connectivity index (χ1n) is 11.8. The summed E-state index contributed by atoms with van der Waals surface area (Å²) in [5.74, 6) is -1.83. The highest BCUT2D eigenvalue weighted by Crippen LogP contribution is 2.27. The predicted octanol–water partition coefficient (Wildman–Crippen LogP) is 0.778. The monoisotopic (exact) mass is 541 g/mol. The Kier molecular flexibility index (Phi) is 10.5. The SMILES string of the molecule is CCCS(=O)(=O)OC(=O)[C@@H](N)CNC(=O)C[C@H]1C[C@@H](c2ccc(C(N)=NC(=O)OC(C)(C)C)cc2)NO1. The number of hydroxylamine groups is 1. The fraction of sp³-hybridized carbons (Fsp3) is 0.565. The molecule has 0 spiro atoms. The van der Waals surface area contributed by atoms with Gasteiger partial charge in [0.15, 0.2) is 0 Å². The highest BCUT2D eigenvalue weighted by atomic mass is 32.2. The number of nitrogens with zero attached hydrogens (tertiary/aromatic N) is 1. The maximum absolute atomic E-state index is 12.2. The van der Waals surface area contributed by atoms with E-state index in [-0.39, 0.29) is 30.6 Å². The zero-order valence-corrected chi connectivity index (χ0v) is 22.2. The average Bonchev–Trinajstić information content (AvgIpc) is 3.24. The number of amides is 2. The van der Waals surface area contributed by atoms with E-state index in [0.29, 0.717) is 18.4 Å². The van der Waals surface area contributed by atoms with Crippen molar-refractivity contribution in [3.8, 4) is 0 Å². The van der Waals surface area contributed by atoms with E-state index < -0.39 is 45.8 Å². The lowest BCUT2D eigenvalue weighted by Crippen LogP contribution is -2.44. The number of nitrogens with two attached hydrogens (primary N) is 2. The van der Waals surface area contributed by atoms with Crippen LogP contribution in [-0.4, -0.2) is 62.3 Å². The van der Waals surface area contributed by atoms with Gasteiger partial charge in [0.2, 0.25) is 5.91 Å². The van der Waals surface area contributed by atoms with Gasteiger partial charge in [-0.25, -0.2) is 9.59 Å². The van der Waals surface area contributed by atoms with Gasteiger partial charge in [-0.2, -0.15) is 18.9 Å². The van der Waals surface area contributed by atoms with Crippen molar-refractivity contribution in [1.29, 1.82) is 0 Å². The van der Waals surface area contributed by atoms with E-state index in [2.05, 4.69) is 20.0 Å². The van der Waals surface area contributed by atoms with E-state index in [9.17, 15) is 22.8 Å². The third-order valence-corrected chi connectivity index (χ3v) is 6.31. The molecule has 2 amide bonds. The second-order valence-electron chi connectivity index (χ2n) is 9.52. The van der Waals surface area contributed by atoms with Gasteiger partial charge < -0.3 is 25.7 Å². The van der Waals surface area contributed by atoms with Crippen LogP contribution in [-0.2, 0) is 33.5 Å². The van der Waals surface area contributed by atoms with Gasteiger partial charge in [0.25, 0.3) is 0 Å². The Labute approximate surface area is 216 Å². The maximum atomic E-state index is 12.2. The van der Waals surface area contributed by atoms with Gasteiger partial charge in [-0.3, -0.25) is 9.63 Å². The molecule has 0 aliphatic carbocycles. The smallest absolute Gasteiger partial charge is 0.436 e. The molecule has 0 aromatic heterocycles. The fourth-order valence-corrected chi connectivity index (χ4v) is 4.22. The highest BCUT2D eigenvalue weighted by Gasteiger charge is 2.29. The summed E-state index contributed by atoms with van der Waals surface area (Å²) >= 11 is 0. The van der Waals surface area contributed by atoms with Crippen LogP contribution in [0.15, 0.2) is 29.3 Å². The summed E-state index contributed by atoms with van der Waals surface area (Å²) in [5, 5.41) is 2.48. The molecular formula is C23H35N5O8S. The molecule has 1 aliphatic rings. The Morgan fingerprint density at radius 2 is 1.89 bits per heavy atom. The lowest BCUT2D eigenvalue weighted by molar-refractivity contribution is -0.135. The molecular weight excluding hydrogens is 506 g/mol. The predicted molar refractivity (Wildman–Crippen MR) is 135 cm³/mol. The molecule has 1 aromatic carbocycles. The van der Waals surface area contributed by atoms with Crippen LogP contribution >= 0.6 is 0 Å². The quantitative estimate of drug-likeness (QED) is 0.185. The van der Waals surface area contributed by atoms with Crippen LogP contribution in [0, 0.1) is 0 Å². The topological polar surface area (TPSA) is 201 Å². The number of nitrogens with one attached hydrogen (secondary N) is 2. The van der Waals surface area contributed by atoms with Crippen molar-refractivity contribution in [3.63, 3.8) is 0 Å². The number of ether oxygens (including phenoxy) is 1. The Morgan fingerprint density at radius 3 is 2.49 bits per heavy atom. The van der Waals surface area contributed by atoms with Crippen molar-refractivity contribution >= 4 is 33.9 Å². The van der Waals surface area contributed by atoms with Gasteiger partial charge in [0.1, 0.15) is 17.5 Å². The summed E-state index contributed by atoms with van der Waals surface area (Å²) in [6.07, 6.45) is -0.458. The van der Waals surface area contributed by atoms with Gasteiger partial charge in [0.05, 0.1) is 24.3 Å². The molecule has 6 N–H and O–H groups in total. The second-order valence-corrected chi connectivity index (χ2v) is 11.2. The molecule has 0 unspecified atom stereocenters. The molecule has 1 fully saturated rings. The van der Waals surface area contributed by atoms with Crippen molar-refractivity contribution in [1.82, 2.24) is 10.8 Å². The van der Waals surface area contributed by atoms with Crippen LogP contribution in [0.1, 0.15) is 64.1 Å². The van der Waals surface area contributed by atoms with Crippen molar-refractivity contribution in [2.45, 2.75) is 70.7 Å². The van der Waals surface area contributed by atoms with Gasteiger partial charge in [-0.05, 0) is 39.2 Å². The number of amidine groups is 1. The molecule has 1 aliphatic heterocycles. The number of rotatable bonds is 10. The first-order valence-corrected chi connectivity index (χ1v) is 13.3. The molecule has 3 atom stereocenters. The Bertz CT molecular complexity index is 1100. The lowest BCUT2D eigenvalue weighted by Gasteiger charge is -2.17. The molecule has 37 heavy (non-hydrogen) atoms. The molecule has 14 heteroatoms. The van der Waals surface area contributed by atoms with Crippen molar-refractivity contribution in [2.75, 3.05) is 12.3 Å². The van der Waals surface area contributed by atoms with E-state index in [1.54, 1.807) is 52.0 Å². The maximum Gasteiger partial charge on any atom is 0.436 e. The molecule has 0 bridgehead atoms. The number of hydrogen-bond acceptors (Lipinski definition) is 10. The van der Waals surface area contributed by atoms with Crippen LogP contribution < -0.4 is 22.3 Å². The standard InChI is InChI=1S/C23H35N5O8S/c1-5-10-37(32,33)36-21(30)17(24)13-26-19(29)12-16-11-18(28-35-16)14-6-8-15(9-7-14)20(25)27-22(31)34-23(2,3)4/h6-9,16-18,28H,5,10-13,24H2,1-4H3,(H,26,29)(H2,25,27,31)/t16-,17+,18+/m1/s1. The number of hydrogen-bond donors (Lipinski definition) is 4. The summed E-state index contributed by atoms with van der Waals surface area (Å²) in [5.41, 5.74) is 15.1. The van der Waals surface area contributed by atoms with Gasteiger partial charge in [-0.1, -0.05) is 31.2 Å². The number of carbonyl (C=O) groups excluding carboxylic acids is 3. The zero-order chi connectivity index (χ0) is 27.8. The van der Waals surface area contributed by atoms with E-state index in [1.165, 1.54) is 0 Å². The minimum atomic E-state index is -3.99. The van der Waals surface area contributed by atoms with Crippen molar-refractivity contribution < 1.29 is 36.6 Å². The molecule has 13 nitrogen and oxygen atoms in total. The molecule has 0 saturated carbocycles. The summed E-state index contributed by atoms with van der Waals surface area (Å²) < 4.78 is 32.7. The average molecular weight is 542 g/mol. The third kappa shape index (κ3) is 10.4. The molecule has 1 aromatic rings. The van der Waals surface area contributed by atoms with Crippen molar-refractivity contribution in [3.05, 3.63) is 35.4 Å². The first-order chi connectivity index (χ1) is 17.2. The van der Waals surface area contributed by atoms with Crippen LogP contribution in [0.4, 0.5) is 4.79 Å². The largest absolute Gasteiger partial charge is 0.442 e. The zero-order valence-electron chi connectivity index (χ0n) is 21.4. The molecule has 206 valence electrons. The molecule has 1 saturated heterocycles. The minimum absolute atomic E-state index is 0.00697. The fourth-order valence-electron chi connectivity index (χ4n) is 3.27. The number of benzene rings is 1. The molecule has 2 rings (SSSR count). The highest BCUT2D eigenvalue weighted by molar-refractivity contribution is 7.87. The normalized spacial score (nSPS) is 19.2. The second kappa shape index (κ2) is 12.9. The van der Waals surface area contributed by atoms with Gasteiger partial charge in [-0.15, -0.1) is 0 Å². The summed E-state index contributed by atoms with van der Waals surface area (Å²) in [4.78, 5) is 45.1. The summed E-state index contributed by atoms with van der Waals surface area (Å²) in [6, 6.07) is 5.50. The Morgan fingerprint density at radius 1 is 1.24 bits per heavy atom. The van der Waals surface area contributed by atoms with E-state index in [4.69, 9.17) is 21.0 Å². The molecule has 1 heterocycles. The summed E-state index contributed by atoms with van der Waals surface area (Å²) in [6.45, 7) is 6.54. The van der Waals surface area contributed by atoms with Gasteiger partial charge in [0, 0.05) is 12.1 Å². The Hall–Kier alpha value is -3.07. The minimum Gasteiger partial charge on any atom is -0.442 e. The number of carbonyl (C=O) groups is 3. The van der Waals surface area contributed by atoms with Crippen LogP contribution in [0.25, 0.3) is 0 Å².